The fraction of sp³-hybridized carbons (Fsp3) is 0.476. The molecule has 1 aliphatic rings. The van der Waals surface area contributed by atoms with Gasteiger partial charge in [0.2, 0.25) is 10.0 Å². The summed E-state index contributed by atoms with van der Waals surface area (Å²) in [5.74, 6) is 1.28. The average molecular weight is 418 g/mol. The number of nitrogens with zero attached hydrogens (tertiary/aromatic N) is 4. The Hall–Kier alpha value is -2.32. The van der Waals surface area contributed by atoms with E-state index in [1.165, 1.54) is 5.69 Å². The van der Waals surface area contributed by atoms with E-state index in [0.717, 1.165) is 31.9 Å². The van der Waals surface area contributed by atoms with Gasteiger partial charge in [-0.15, -0.1) is 0 Å². The highest BCUT2D eigenvalue weighted by Crippen LogP contribution is 2.23. The van der Waals surface area contributed by atoms with Gasteiger partial charge in [0.05, 0.1) is 11.4 Å². The number of benzene rings is 1. The van der Waals surface area contributed by atoms with Crippen molar-refractivity contribution in [3.8, 4) is 0 Å². The van der Waals surface area contributed by atoms with Crippen molar-refractivity contribution in [2.24, 2.45) is 18.0 Å². The number of hydrogen-bond acceptors (Lipinski definition) is 3. The van der Waals surface area contributed by atoms with Gasteiger partial charge in [-0.1, -0.05) is 18.2 Å². The molecule has 1 fully saturated rings. The van der Waals surface area contributed by atoms with E-state index in [1.54, 1.807) is 35.6 Å². The van der Waals surface area contributed by atoms with Gasteiger partial charge >= 0.3 is 0 Å². The second-order valence-corrected chi connectivity index (χ2v) is 9.49. The molecule has 158 valence electrons. The lowest BCUT2D eigenvalue weighted by atomic mass is 9.98. The van der Waals surface area contributed by atoms with Gasteiger partial charge in [0.25, 0.3) is 0 Å². The van der Waals surface area contributed by atoms with E-state index in [0.29, 0.717) is 23.9 Å². The average Bonchev–Trinajstić information content (AvgIpc) is 3.14. The Morgan fingerprint density at radius 3 is 2.45 bits per heavy atom. The molecule has 0 spiro atoms. The van der Waals surface area contributed by atoms with Crippen LogP contribution in [0.3, 0.4) is 0 Å². The first-order chi connectivity index (χ1) is 13.9. The Balaban J connectivity index is 1.49. The quantitative estimate of drug-likeness (QED) is 0.577. The van der Waals surface area contributed by atoms with E-state index >= 15 is 0 Å². The van der Waals surface area contributed by atoms with Gasteiger partial charge in [-0.3, -0.25) is 4.99 Å². The van der Waals surface area contributed by atoms with Crippen LogP contribution in [-0.2, 0) is 23.6 Å². The molecule has 0 radical (unpaired) electrons. The third-order valence-electron chi connectivity index (χ3n) is 5.53. The number of aromatic nitrogens is 1. The zero-order valence-electron chi connectivity index (χ0n) is 17.5. The molecule has 1 aromatic carbocycles. The van der Waals surface area contributed by atoms with Gasteiger partial charge < -0.3 is 14.8 Å². The fourth-order valence-corrected chi connectivity index (χ4v) is 5.19. The largest absolute Gasteiger partial charge is 0.356 e. The van der Waals surface area contributed by atoms with Crippen LogP contribution < -0.4 is 5.32 Å². The van der Waals surface area contributed by atoms with Crippen molar-refractivity contribution < 1.29 is 8.42 Å². The van der Waals surface area contributed by atoms with Crippen LogP contribution in [0.5, 0.6) is 0 Å². The molecule has 29 heavy (non-hydrogen) atoms. The van der Waals surface area contributed by atoms with Gasteiger partial charge in [0.15, 0.2) is 5.96 Å². The van der Waals surface area contributed by atoms with E-state index in [1.807, 2.05) is 32.4 Å². The van der Waals surface area contributed by atoms with E-state index < -0.39 is 10.0 Å². The summed E-state index contributed by atoms with van der Waals surface area (Å²) in [4.78, 5) is 6.87. The van der Waals surface area contributed by atoms with Crippen molar-refractivity contribution in [3.05, 3.63) is 54.4 Å². The Kier molecular flexibility index (Phi) is 6.97. The highest BCUT2D eigenvalue weighted by molar-refractivity contribution is 7.89. The predicted octanol–water partition coefficient (Wildman–Crippen LogP) is 2.13. The highest BCUT2D eigenvalue weighted by Gasteiger charge is 2.29. The number of piperidine rings is 1. The summed E-state index contributed by atoms with van der Waals surface area (Å²) in [5.41, 5.74) is 1.22. The zero-order valence-corrected chi connectivity index (χ0v) is 18.3. The van der Waals surface area contributed by atoms with E-state index in [4.69, 9.17) is 0 Å². The van der Waals surface area contributed by atoms with Crippen LogP contribution in [0.1, 0.15) is 18.5 Å². The van der Waals surface area contributed by atoms with E-state index in [-0.39, 0.29) is 0 Å². The minimum Gasteiger partial charge on any atom is -0.356 e. The first-order valence-corrected chi connectivity index (χ1v) is 11.4. The summed E-state index contributed by atoms with van der Waals surface area (Å²) < 4.78 is 29.2. The van der Waals surface area contributed by atoms with Gasteiger partial charge in [-0.25, -0.2) is 8.42 Å². The molecule has 8 heteroatoms. The van der Waals surface area contributed by atoms with Crippen LogP contribution in [0.4, 0.5) is 0 Å². The predicted molar refractivity (Wildman–Crippen MR) is 116 cm³/mol. The molecule has 1 saturated heterocycles. The first-order valence-electron chi connectivity index (χ1n) is 9.99. The van der Waals surface area contributed by atoms with Crippen molar-refractivity contribution >= 4 is 16.0 Å². The summed E-state index contributed by atoms with van der Waals surface area (Å²) >= 11 is 0. The number of sulfonamides is 1. The number of rotatable bonds is 6. The van der Waals surface area contributed by atoms with E-state index in [9.17, 15) is 8.42 Å². The highest BCUT2D eigenvalue weighted by atomic mass is 32.2. The number of aryl methyl sites for hydroxylation is 1. The molecule has 0 bridgehead atoms. The second-order valence-electron chi connectivity index (χ2n) is 7.56. The molecule has 1 aliphatic heterocycles. The monoisotopic (exact) mass is 417 g/mol. The molecular formula is C21H31N5O2S. The minimum atomic E-state index is -3.39. The molecule has 1 N–H and O–H groups in total. The smallest absolute Gasteiger partial charge is 0.243 e. The molecule has 0 atom stereocenters. The van der Waals surface area contributed by atoms with Crippen molar-refractivity contribution in [1.29, 1.82) is 0 Å². The third-order valence-corrected chi connectivity index (χ3v) is 7.44. The molecular weight excluding hydrogens is 386 g/mol. The van der Waals surface area contributed by atoms with Gasteiger partial charge in [0, 0.05) is 52.7 Å². The second kappa shape index (κ2) is 9.45. The van der Waals surface area contributed by atoms with Crippen LogP contribution in [0.25, 0.3) is 0 Å². The molecule has 0 aliphatic carbocycles. The van der Waals surface area contributed by atoms with Gasteiger partial charge in [-0.2, -0.15) is 4.31 Å². The Bertz CT molecular complexity index is 916. The summed E-state index contributed by atoms with van der Waals surface area (Å²) in [5, 5.41) is 3.45. The maximum atomic E-state index is 12.8. The Labute approximate surface area is 174 Å². The number of hydrogen-bond donors (Lipinski definition) is 1. The summed E-state index contributed by atoms with van der Waals surface area (Å²) in [6, 6.07) is 12.8. The van der Waals surface area contributed by atoms with Crippen LogP contribution in [0.15, 0.2) is 58.5 Å². The van der Waals surface area contributed by atoms with Gasteiger partial charge in [0.1, 0.15) is 0 Å². The molecule has 0 unspecified atom stereocenters. The topological polar surface area (TPSA) is 69.9 Å². The minimum absolute atomic E-state index is 0.374. The number of nitrogens with one attached hydrogen (secondary N) is 1. The number of aliphatic imine (C=N–C) groups is 1. The lowest BCUT2D eigenvalue weighted by Gasteiger charge is -2.32. The molecule has 0 amide bonds. The van der Waals surface area contributed by atoms with Crippen LogP contribution in [-0.4, -0.2) is 61.9 Å². The molecule has 7 nitrogen and oxygen atoms in total. The van der Waals surface area contributed by atoms with Crippen molar-refractivity contribution in [2.75, 3.05) is 33.7 Å². The molecule has 1 aromatic heterocycles. The van der Waals surface area contributed by atoms with E-state index in [2.05, 4.69) is 25.8 Å². The first kappa shape index (κ1) is 21.4. The van der Waals surface area contributed by atoms with Crippen LogP contribution in [0, 0.1) is 5.92 Å². The van der Waals surface area contributed by atoms with Crippen LogP contribution in [0.2, 0.25) is 0 Å². The lowest BCUT2D eigenvalue weighted by Crippen LogP contribution is -2.44. The maximum absolute atomic E-state index is 12.8. The normalized spacial score (nSPS) is 16.7. The van der Waals surface area contributed by atoms with Crippen molar-refractivity contribution in [1.82, 2.24) is 19.1 Å². The summed E-state index contributed by atoms with van der Waals surface area (Å²) in [6.45, 7) is 2.68. The maximum Gasteiger partial charge on any atom is 0.243 e. The summed E-state index contributed by atoms with van der Waals surface area (Å²) in [7, 11) is 2.46. The van der Waals surface area contributed by atoms with Crippen molar-refractivity contribution in [2.45, 2.75) is 24.3 Å². The molecule has 2 heterocycles. The molecule has 3 rings (SSSR count). The lowest BCUT2D eigenvalue weighted by molar-refractivity contribution is 0.272. The van der Waals surface area contributed by atoms with Crippen molar-refractivity contribution in [3.63, 3.8) is 0 Å². The molecule has 0 saturated carbocycles. The SMILES string of the molecule is CN=C(NCC1CCN(S(=O)(=O)c2ccccc2)CC1)N(C)Cc1cccn1C. The summed E-state index contributed by atoms with van der Waals surface area (Å²) in [6.07, 6.45) is 3.73. The Morgan fingerprint density at radius 2 is 1.86 bits per heavy atom. The standard InChI is InChI=1S/C21H31N5O2S/c1-22-21(25(3)17-19-8-7-13-24(19)2)23-16-18-11-14-26(15-12-18)29(27,28)20-9-5-4-6-10-20/h4-10,13,18H,11-12,14-17H2,1-3H3,(H,22,23). The number of guanidine groups is 1. The van der Waals surface area contributed by atoms with Gasteiger partial charge in [-0.05, 0) is 43.0 Å². The Morgan fingerprint density at radius 1 is 1.17 bits per heavy atom. The third kappa shape index (κ3) is 5.19. The zero-order chi connectivity index (χ0) is 20.9. The fourth-order valence-electron chi connectivity index (χ4n) is 3.69. The molecule has 2 aromatic rings. The van der Waals surface area contributed by atoms with Crippen LogP contribution >= 0.6 is 0 Å².